The number of ether oxygens (including phenoxy) is 1. The van der Waals surface area contributed by atoms with Crippen molar-refractivity contribution in [2.24, 2.45) is 11.8 Å². The molecule has 3 unspecified atom stereocenters. The fraction of sp³-hybridized carbons (Fsp3) is 0.417. The van der Waals surface area contributed by atoms with Crippen molar-refractivity contribution in [3.8, 4) is 5.75 Å². The van der Waals surface area contributed by atoms with Gasteiger partial charge in [0.05, 0.1) is 12.3 Å². The van der Waals surface area contributed by atoms with Crippen LogP contribution in [0.15, 0.2) is 66.9 Å². The van der Waals surface area contributed by atoms with Gasteiger partial charge >= 0.3 is 0 Å². The Kier molecular flexibility index (Phi) is 5.38. The van der Waals surface area contributed by atoms with Gasteiger partial charge in [0.1, 0.15) is 11.9 Å². The fourth-order valence-electron chi connectivity index (χ4n) is 4.16. The van der Waals surface area contributed by atoms with Crippen LogP contribution in [0, 0.1) is 11.8 Å². The Morgan fingerprint density at radius 1 is 1.11 bits per heavy atom. The van der Waals surface area contributed by atoms with Gasteiger partial charge in [-0.3, -0.25) is 0 Å². The zero-order valence-electron chi connectivity index (χ0n) is 15.9. The molecule has 1 N–H and O–H groups in total. The first-order valence-electron chi connectivity index (χ1n) is 10.1. The van der Waals surface area contributed by atoms with Gasteiger partial charge in [0, 0.05) is 18.2 Å². The highest BCUT2D eigenvalue weighted by molar-refractivity contribution is 5.48. The van der Waals surface area contributed by atoms with Crippen molar-refractivity contribution in [1.29, 1.82) is 0 Å². The summed E-state index contributed by atoms with van der Waals surface area (Å²) in [6.07, 6.45) is 5.84. The lowest BCUT2D eigenvalue weighted by Gasteiger charge is -2.34. The maximum Gasteiger partial charge on any atom is 0.119 e. The smallest absolute Gasteiger partial charge is 0.119 e. The van der Waals surface area contributed by atoms with E-state index < -0.39 is 0 Å². The van der Waals surface area contributed by atoms with Crippen molar-refractivity contribution in [2.75, 3.05) is 18.0 Å². The van der Waals surface area contributed by atoms with Crippen molar-refractivity contribution >= 4 is 5.69 Å². The number of rotatable bonds is 7. The summed E-state index contributed by atoms with van der Waals surface area (Å²) in [6, 6.07) is 19.1. The topological polar surface area (TPSA) is 32.7 Å². The number of benzene rings is 2. The average Bonchev–Trinajstić information content (AvgIpc) is 3.48. The number of para-hydroxylation sites is 1. The summed E-state index contributed by atoms with van der Waals surface area (Å²) in [5, 5.41) is 9.44. The van der Waals surface area contributed by atoms with Crippen LogP contribution in [-0.4, -0.2) is 24.3 Å². The molecule has 3 nitrogen and oxygen atoms in total. The third-order valence-electron chi connectivity index (χ3n) is 5.88. The molecule has 1 heterocycles. The van der Waals surface area contributed by atoms with Crippen LogP contribution < -0.4 is 9.64 Å². The number of aryl methyl sites for hydroxylation is 1. The van der Waals surface area contributed by atoms with Crippen LogP contribution in [-0.2, 0) is 6.42 Å². The summed E-state index contributed by atoms with van der Waals surface area (Å²) >= 11 is 0. The van der Waals surface area contributed by atoms with Gasteiger partial charge in [-0.2, -0.15) is 0 Å². The van der Waals surface area contributed by atoms with Gasteiger partial charge in [0.25, 0.3) is 0 Å². The standard InChI is InChI=1S/C24H29NO2/c1-18(26)24-16-20(24)12-9-19-10-13-21(14-11-19)25-15-5-8-23(17-25)27-22-6-3-2-4-7-22/h2-4,6-7,10-11,13-14,20,23-24,26H,1,5,8-9,12,15-17H2. The van der Waals surface area contributed by atoms with E-state index in [0.717, 1.165) is 50.9 Å². The Hall–Kier alpha value is -2.42. The molecule has 0 radical (unpaired) electrons. The summed E-state index contributed by atoms with van der Waals surface area (Å²) < 4.78 is 6.16. The molecule has 3 atom stereocenters. The minimum Gasteiger partial charge on any atom is -0.513 e. The maximum atomic E-state index is 9.44. The van der Waals surface area contributed by atoms with Gasteiger partial charge in [-0.25, -0.2) is 0 Å². The van der Waals surface area contributed by atoms with Gasteiger partial charge in [-0.15, -0.1) is 0 Å². The molecule has 0 aromatic heterocycles. The normalized spacial score (nSPS) is 24.4. The summed E-state index contributed by atoms with van der Waals surface area (Å²) in [4.78, 5) is 2.44. The number of hydrogen-bond donors (Lipinski definition) is 1. The second kappa shape index (κ2) is 8.08. The van der Waals surface area contributed by atoms with Crippen molar-refractivity contribution in [3.05, 3.63) is 72.5 Å². The van der Waals surface area contributed by atoms with Crippen LogP contribution in [0.4, 0.5) is 5.69 Å². The second-order valence-electron chi connectivity index (χ2n) is 7.94. The first-order chi connectivity index (χ1) is 13.2. The summed E-state index contributed by atoms with van der Waals surface area (Å²) in [6.45, 7) is 5.69. The summed E-state index contributed by atoms with van der Waals surface area (Å²) in [7, 11) is 0. The largest absolute Gasteiger partial charge is 0.513 e. The molecule has 0 bridgehead atoms. The van der Waals surface area contributed by atoms with E-state index in [1.165, 1.54) is 11.3 Å². The highest BCUT2D eigenvalue weighted by Crippen LogP contribution is 2.45. The quantitative estimate of drug-likeness (QED) is 0.671. The van der Waals surface area contributed by atoms with Crippen molar-refractivity contribution < 1.29 is 9.84 Å². The third-order valence-corrected chi connectivity index (χ3v) is 5.88. The molecule has 2 aromatic carbocycles. The van der Waals surface area contributed by atoms with Gasteiger partial charge in [0.15, 0.2) is 0 Å². The molecule has 3 heteroatoms. The minimum atomic E-state index is 0.249. The molecule has 0 amide bonds. The average molecular weight is 364 g/mol. The van der Waals surface area contributed by atoms with Crippen LogP contribution in [0.2, 0.25) is 0 Å². The molecule has 2 aromatic rings. The lowest BCUT2D eigenvalue weighted by molar-refractivity contribution is 0.179. The number of allylic oxidation sites excluding steroid dienone is 1. The summed E-state index contributed by atoms with van der Waals surface area (Å²) in [5.74, 6) is 2.30. The molecule has 1 aliphatic heterocycles. The maximum absolute atomic E-state index is 9.44. The monoisotopic (exact) mass is 363 g/mol. The Morgan fingerprint density at radius 3 is 2.59 bits per heavy atom. The lowest BCUT2D eigenvalue weighted by atomic mass is 10.0. The molecular formula is C24H29NO2. The van der Waals surface area contributed by atoms with E-state index in [4.69, 9.17) is 4.74 Å². The Bertz CT molecular complexity index is 756. The van der Waals surface area contributed by atoms with Crippen LogP contribution in [0.3, 0.4) is 0 Å². The fourth-order valence-corrected chi connectivity index (χ4v) is 4.16. The van der Waals surface area contributed by atoms with Crippen LogP contribution in [0.5, 0.6) is 5.75 Å². The van der Waals surface area contributed by atoms with E-state index in [2.05, 4.69) is 35.7 Å². The number of hydrogen-bond acceptors (Lipinski definition) is 3. The SMILES string of the molecule is C=C(O)C1CC1CCc1ccc(N2CCCC(Oc3ccccc3)C2)cc1. The molecule has 4 rings (SSSR count). The highest BCUT2D eigenvalue weighted by Gasteiger charge is 2.38. The van der Waals surface area contributed by atoms with E-state index in [-0.39, 0.29) is 6.10 Å². The number of nitrogens with zero attached hydrogens (tertiary/aromatic N) is 1. The van der Waals surface area contributed by atoms with E-state index in [1.807, 2.05) is 30.3 Å². The van der Waals surface area contributed by atoms with Crippen LogP contribution in [0.1, 0.15) is 31.2 Å². The summed E-state index contributed by atoms with van der Waals surface area (Å²) in [5.41, 5.74) is 2.66. The predicted molar refractivity (Wildman–Crippen MR) is 110 cm³/mol. The molecule has 2 fully saturated rings. The first-order valence-corrected chi connectivity index (χ1v) is 10.1. The van der Waals surface area contributed by atoms with Gasteiger partial charge in [0.2, 0.25) is 0 Å². The van der Waals surface area contributed by atoms with Crippen molar-refractivity contribution in [1.82, 2.24) is 0 Å². The van der Waals surface area contributed by atoms with Gasteiger partial charge < -0.3 is 14.7 Å². The zero-order valence-corrected chi connectivity index (χ0v) is 15.9. The van der Waals surface area contributed by atoms with Crippen molar-refractivity contribution in [3.63, 3.8) is 0 Å². The van der Waals surface area contributed by atoms with E-state index in [0.29, 0.717) is 17.6 Å². The number of piperidine rings is 1. The van der Waals surface area contributed by atoms with Gasteiger partial charge in [-0.05, 0) is 67.9 Å². The zero-order chi connectivity index (χ0) is 18.6. The Labute approximate surface area is 162 Å². The molecule has 1 saturated heterocycles. The van der Waals surface area contributed by atoms with E-state index >= 15 is 0 Å². The predicted octanol–water partition coefficient (Wildman–Crippen LogP) is 5.37. The highest BCUT2D eigenvalue weighted by atomic mass is 16.5. The van der Waals surface area contributed by atoms with E-state index in [1.54, 1.807) is 0 Å². The molecule has 2 aliphatic rings. The molecule has 1 saturated carbocycles. The Morgan fingerprint density at radius 2 is 1.89 bits per heavy atom. The van der Waals surface area contributed by atoms with Gasteiger partial charge in [-0.1, -0.05) is 36.9 Å². The number of anilines is 1. The Balaban J connectivity index is 1.29. The van der Waals surface area contributed by atoms with Crippen LogP contribution >= 0.6 is 0 Å². The van der Waals surface area contributed by atoms with E-state index in [9.17, 15) is 5.11 Å². The molecule has 27 heavy (non-hydrogen) atoms. The number of aliphatic hydroxyl groups excluding tert-OH is 1. The molecule has 0 spiro atoms. The van der Waals surface area contributed by atoms with Crippen LogP contribution in [0.25, 0.3) is 0 Å². The number of aliphatic hydroxyl groups is 1. The molecule has 142 valence electrons. The first kappa shape index (κ1) is 18.0. The minimum absolute atomic E-state index is 0.249. The third kappa shape index (κ3) is 4.65. The van der Waals surface area contributed by atoms with Crippen molar-refractivity contribution in [2.45, 2.75) is 38.2 Å². The lowest BCUT2D eigenvalue weighted by Crippen LogP contribution is -2.41. The molecular weight excluding hydrogens is 334 g/mol. The molecule has 1 aliphatic carbocycles. The second-order valence-corrected chi connectivity index (χ2v) is 7.94.